The molecule has 2 N–H and O–H groups in total. The van der Waals surface area contributed by atoms with Crippen LogP contribution in [0.2, 0.25) is 5.02 Å². The zero-order chi connectivity index (χ0) is 24.1. The highest BCUT2D eigenvalue weighted by Gasteiger charge is 2.16. The van der Waals surface area contributed by atoms with E-state index in [1.165, 1.54) is 6.21 Å². The Bertz CT molecular complexity index is 1380. The lowest BCUT2D eigenvalue weighted by Crippen LogP contribution is -2.20. The van der Waals surface area contributed by atoms with E-state index in [1.807, 2.05) is 25.3 Å². The molecule has 34 heavy (non-hydrogen) atoms. The van der Waals surface area contributed by atoms with Crippen LogP contribution in [0.5, 0.6) is 5.75 Å². The largest absolute Gasteiger partial charge is 0.484 e. The Morgan fingerprint density at radius 3 is 2.68 bits per heavy atom. The molecule has 0 fully saturated rings. The number of nitrogens with zero attached hydrogens (tertiary/aromatic N) is 3. The van der Waals surface area contributed by atoms with Crippen molar-refractivity contribution < 1.29 is 14.3 Å². The Labute approximate surface area is 201 Å². The minimum Gasteiger partial charge on any atom is -0.484 e. The Morgan fingerprint density at radius 2 is 1.91 bits per heavy atom. The average molecular weight is 476 g/mol. The van der Waals surface area contributed by atoms with Gasteiger partial charge in [-0.25, -0.2) is 10.4 Å². The lowest BCUT2D eigenvalue weighted by Gasteiger charge is -2.08. The van der Waals surface area contributed by atoms with Crippen LogP contribution in [0.15, 0.2) is 72.0 Å². The number of amides is 2. The van der Waals surface area contributed by atoms with Crippen LogP contribution in [0.1, 0.15) is 27.3 Å². The van der Waals surface area contributed by atoms with Gasteiger partial charge in [0.15, 0.2) is 6.61 Å². The van der Waals surface area contributed by atoms with E-state index in [-0.39, 0.29) is 18.4 Å². The molecule has 0 radical (unpaired) electrons. The predicted octanol–water partition coefficient (Wildman–Crippen LogP) is 4.39. The molecule has 0 unspecified atom stereocenters. The number of hydrogen-bond acceptors (Lipinski definition) is 5. The zero-order valence-electron chi connectivity index (χ0n) is 18.6. The predicted molar refractivity (Wildman–Crippen MR) is 132 cm³/mol. The topological polar surface area (TPSA) is 97.1 Å². The number of hydrogen-bond donors (Lipinski definition) is 2. The zero-order valence-corrected chi connectivity index (χ0v) is 19.3. The second kappa shape index (κ2) is 10.2. The lowest BCUT2D eigenvalue weighted by atomic mass is 10.2. The van der Waals surface area contributed by atoms with Crippen LogP contribution in [0.25, 0.3) is 5.65 Å². The first-order chi connectivity index (χ1) is 16.4. The Hall–Kier alpha value is -4.17. The van der Waals surface area contributed by atoms with Crippen molar-refractivity contribution in [3.05, 3.63) is 94.4 Å². The number of ether oxygens (including phenoxy) is 1. The van der Waals surface area contributed by atoms with Crippen molar-refractivity contribution in [3.8, 4) is 5.75 Å². The van der Waals surface area contributed by atoms with Gasteiger partial charge >= 0.3 is 0 Å². The molecule has 0 saturated heterocycles. The van der Waals surface area contributed by atoms with E-state index in [2.05, 4.69) is 20.8 Å². The van der Waals surface area contributed by atoms with Crippen molar-refractivity contribution in [2.24, 2.45) is 5.10 Å². The third-order valence-corrected chi connectivity index (χ3v) is 5.13. The average Bonchev–Trinajstić information content (AvgIpc) is 3.13. The molecule has 8 nitrogen and oxygen atoms in total. The third kappa shape index (κ3) is 5.60. The fraction of sp³-hybridized carbons (Fsp3) is 0.120. The van der Waals surface area contributed by atoms with Crippen LogP contribution in [0.4, 0.5) is 5.69 Å². The van der Waals surface area contributed by atoms with Gasteiger partial charge in [0.1, 0.15) is 17.1 Å². The first-order valence-corrected chi connectivity index (χ1v) is 10.8. The summed E-state index contributed by atoms with van der Waals surface area (Å²) >= 11 is 5.91. The molecule has 0 bridgehead atoms. The van der Waals surface area contributed by atoms with Crippen molar-refractivity contribution in [1.82, 2.24) is 14.8 Å². The highest BCUT2D eigenvalue weighted by atomic mass is 35.5. The van der Waals surface area contributed by atoms with Crippen molar-refractivity contribution >= 4 is 41.0 Å². The molecule has 0 atom stereocenters. The van der Waals surface area contributed by atoms with Crippen LogP contribution in [-0.2, 0) is 4.79 Å². The van der Waals surface area contributed by atoms with E-state index in [0.717, 1.165) is 11.1 Å². The van der Waals surface area contributed by atoms with E-state index in [1.54, 1.807) is 59.9 Å². The molecule has 2 heterocycles. The molecular formula is C25H22ClN5O3. The van der Waals surface area contributed by atoms with Gasteiger partial charge in [-0.15, -0.1) is 0 Å². The first kappa shape index (κ1) is 23.0. The molecule has 2 aromatic carbocycles. The maximum Gasteiger partial charge on any atom is 0.290 e. The number of carbonyl (C=O) groups is 2. The summed E-state index contributed by atoms with van der Waals surface area (Å²) in [5.41, 5.74) is 6.68. The molecule has 0 aliphatic rings. The van der Waals surface area contributed by atoms with Gasteiger partial charge in [-0.2, -0.15) is 5.10 Å². The molecule has 0 saturated carbocycles. The molecular weight excluding hydrogens is 454 g/mol. The number of anilines is 1. The van der Waals surface area contributed by atoms with Gasteiger partial charge < -0.3 is 10.1 Å². The van der Waals surface area contributed by atoms with Crippen molar-refractivity contribution in [1.29, 1.82) is 0 Å². The SMILES string of the molecule is Cc1ccc2nc(C)c(C(=O)N/N=C\c3ccc(OCC(=O)Nc4cccc(Cl)c4)cc3)n2c1. The number of aryl methyl sites for hydroxylation is 2. The molecule has 0 spiro atoms. The van der Waals surface area contributed by atoms with E-state index in [0.29, 0.717) is 33.5 Å². The number of halogens is 1. The van der Waals surface area contributed by atoms with Gasteiger partial charge in [-0.1, -0.05) is 23.7 Å². The number of aromatic nitrogens is 2. The lowest BCUT2D eigenvalue weighted by molar-refractivity contribution is -0.118. The minimum absolute atomic E-state index is 0.145. The summed E-state index contributed by atoms with van der Waals surface area (Å²) in [7, 11) is 0. The summed E-state index contributed by atoms with van der Waals surface area (Å²) in [6.45, 7) is 3.59. The molecule has 172 valence electrons. The fourth-order valence-electron chi connectivity index (χ4n) is 3.32. The van der Waals surface area contributed by atoms with E-state index in [4.69, 9.17) is 16.3 Å². The number of rotatable bonds is 7. The fourth-order valence-corrected chi connectivity index (χ4v) is 3.51. The van der Waals surface area contributed by atoms with Gasteiger partial charge in [-0.05, 0) is 73.5 Å². The van der Waals surface area contributed by atoms with E-state index in [9.17, 15) is 9.59 Å². The van der Waals surface area contributed by atoms with Crippen LogP contribution in [0.3, 0.4) is 0 Å². The van der Waals surface area contributed by atoms with Gasteiger partial charge in [0.25, 0.3) is 11.8 Å². The van der Waals surface area contributed by atoms with E-state index < -0.39 is 0 Å². The highest BCUT2D eigenvalue weighted by molar-refractivity contribution is 6.30. The molecule has 2 amide bonds. The summed E-state index contributed by atoms with van der Waals surface area (Å²) in [6.07, 6.45) is 3.39. The summed E-state index contributed by atoms with van der Waals surface area (Å²) in [5, 5.41) is 7.30. The Morgan fingerprint density at radius 1 is 1.12 bits per heavy atom. The standard InChI is InChI=1S/C25H22ClN5O3/c1-16-6-11-22-28-17(2)24(31(22)14-16)25(33)30-27-13-18-7-9-21(10-8-18)34-15-23(32)29-20-5-3-4-19(26)12-20/h3-14H,15H2,1-2H3,(H,29,32)(H,30,33)/b27-13-. The number of nitrogens with one attached hydrogen (secondary N) is 2. The van der Waals surface area contributed by atoms with Gasteiger partial charge in [0.2, 0.25) is 0 Å². The monoisotopic (exact) mass is 475 g/mol. The number of pyridine rings is 1. The van der Waals surface area contributed by atoms with Crippen LogP contribution >= 0.6 is 11.6 Å². The maximum absolute atomic E-state index is 12.6. The summed E-state index contributed by atoms with van der Waals surface area (Å²) in [5.74, 6) is -0.120. The quantitative estimate of drug-likeness (QED) is 0.306. The Balaban J connectivity index is 1.31. The van der Waals surface area contributed by atoms with Crippen molar-refractivity contribution in [2.45, 2.75) is 13.8 Å². The molecule has 4 aromatic rings. The molecule has 0 aliphatic heterocycles. The molecule has 2 aromatic heterocycles. The number of carbonyl (C=O) groups excluding carboxylic acids is 2. The number of imidazole rings is 1. The summed E-state index contributed by atoms with van der Waals surface area (Å²) in [4.78, 5) is 29.1. The van der Waals surface area contributed by atoms with Gasteiger partial charge in [-0.3, -0.25) is 14.0 Å². The summed E-state index contributed by atoms with van der Waals surface area (Å²) < 4.78 is 7.27. The normalized spacial score (nSPS) is 11.0. The highest BCUT2D eigenvalue weighted by Crippen LogP contribution is 2.16. The maximum atomic E-state index is 12.6. The molecule has 4 rings (SSSR count). The molecule has 9 heteroatoms. The molecule has 0 aliphatic carbocycles. The second-order valence-corrected chi connectivity index (χ2v) is 8.03. The van der Waals surface area contributed by atoms with Crippen LogP contribution < -0.4 is 15.5 Å². The minimum atomic E-state index is -0.350. The van der Waals surface area contributed by atoms with Crippen molar-refractivity contribution in [3.63, 3.8) is 0 Å². The first-order valence-electron chi connectivity index (χ1n) is 10.5. The second-order valence-electron chi connectivity index (χ2n) is 7.60. The van der Waals surface area contributed by atoms with Gasteiger partial charge in [0.05, 0.1) is 11.9 Å². The summed E-state index contributed by atoms with van der Waals surface area (Å²) in [6, 6.07) is 17.7. The Kier molecular flexibility index (Phi) is 6.89. The van der Waals surface area contributed by atoms with Gasteiger partial charge in [0, 0.05) is 16.9 Å². The smallest absolute Gasteiger partial charge is 0.290 e. The third-order valence-electron chi connectivity index (χ3n) is 4.89. The van der Waals surface area contributed by atoms with E-state index >= 15 is 0 Å². The number of hydrazone groups is 1. The number of fused-ring (bicyclic) bond motifs is 1. The number of benzene rings is 2. The van der Waals surface area contributed by atoms with Crippen molar-refractivity contribution in [2.75, 3.05) is 11.9 Å². The van der Waals surface area contributed by atoms with Crippen LogP contribution in [-0.4, -0.2) is 34.0 Å². The van der Waals surface area contributed by atoms with Crippen LogP contribution in [0, 0.1) is 13.8 Å².